The van der Waals surface area contributed by atoms with Crippen LogP contribution in [0.1, 0.15) is 16.7 Å². The van der Waals surface area contributed by atoms with Gasteiger partial charge in [-0.3, -0.25) is 5.41 Å². The van der Waals surface area contributed by atoms with Gasteiger partial charge >= 0.3 is 6.61 Å². The fourth-order valence-electron chi connectivity index (χ4n) is 1.57. The van der Waals surface area contributed by atoms with Gasteiger partial charge in [0.1, 0.15) is 5.03 Å². The Labute approximate surface area is 122 Å². The van der Waals surface area contributed by atoms with Crippen LogP contribution in [-0.2, 0) is 4.74 Å². The van der Waals surface area contributed by atoms with Crippen LogP contribution in [-0.4, -0.2) is 31.3 Å². The first-order valence-electron chi connectivity index (χ1n) is 5.92. The first kappa shape index (κ1) is 16.4. The zero-order valence-electron chi connectivity index (χ0n) is 11.8. The molecular formula is C14H17ClF2N2O. The average Bonchev–Trinajstić information content (AvgIpc) is 2.37. The van der Waals surface area contributed by atoms with E-state index in [4.69, 9.17) is 17.0 Å². The molecule has 0 aromatic heterocycles. The molecule has 0 amide bonds. The van der Waals surface area contributed by atoms with E-state index in [-0.39, 0.29) is 16.6 Å². The molecule has 1 rings (SSSR count). The minimum absolute atomic E-state index is 0.0564. The van der Waals surface area contributed by atoms with Crippen LogP contribution in [0.25, 0.3) is 0 Å². The van der Waals surface area contributed by atoms with Crippen LogP contribution in [0.15, 0.2) is 29.1 Å². The van der Waals surface area contributed by atoms with Gasteiger partial charge in [0.2, 0.25) is 5.88 Å². The van der Waals surface area contributed by atoms with Crippen molar-refractivity contribution in [3.05, 3.63) is 45.8 Å². The second-order valence-electron chi connectivity index (χ2n) is 4.57. The maximum atomic E-state index is 12.4. The summed E-state index contributed by atoms with van der Waals surface area (Å²) in [5.74, 6) is -0.232. The van der Waals surface area contributed by atoms with E-state index in [1.165, 1.54) is 19.0 Å². The van der Waals surface area contributed by atoms with Crippen molar-refractivity contribution in [1.82, 2.24) is 4.90 Å². The summed E-state index contributed by atoms with van der Waals surface area (Å²) in [7, 11) is 3.04. The lowest BCUT2D eigenvalue weighted by atomic mass is 10.0. The topological polar surface area (TPSA) is 36.3 Å². The first-order chi connectivity index (χ1) is 9.23. The van der Waals surface area contributed by atoms with E-state index in [2.05, 4.69) is 4.74 Å². The van der Waals surface area contributed by atoms with Gasteiger partial charge < -0.3 is 9.64 Å². The molecule has 0 atom stereocenters. The van der Waals surface area contributed by atoms with Gasteiger partial charge in [0.05, 0.1) is 5.71 Å². The van der Waals surface area contributed by atoms with Crippen molar-refractivity contribution in [1.29, 1.82) is 5.41 Å². The Balaban J connectivity index is 3.18. The largest absolute Gasteiger partial charge is 0.417 e. The van der Waals surface area contributed by atoms with E-state index in [0.29, 0.717) is 5.56 Å². The van der Waals surface area contributed by atoms with E-state index < -0.39 is 6.61 Å². The second-order valence-corrected chi connectivity index (χ2v) is 4.94. The Kier molecular flexibility index (Phi) is 5.51. The summed E-state index contributed by atoms with van der Waals surface area (Å²) in [4.78, 5) is 1.31. The number of rotatable bonds is 5. The number of benzene rings is 1. The SMILES string of the molecule is Cc1ccc(C(=N)/C(Cl)=C(/OC(F)F)N(C)C)cc1C. The summed E-state index contributed by atoms with van der Waals surface area (Å²) < 4.78 is 29.1. The first-order valence-corrected chi connectivity index (χ1v) is 6.30. The number of hydrogen-bond donors (Lipinski definition) is 1. The molecule has 0 aliphatic heterocycles. The summed E-state index contributed by atoms with van der Waals surface area (Å²) in [6, 6.07) is 5.37. The van der Waals surface area contributed by atoms with Crippen molar-refractivity contribution in [2.75, 3.05) is 14.1 Å². The van der Waals surface area contributed by atoms with Crippen molar-refractivity contribution in [3.8, 4) is 0 Å². The number of aryl methyl sites for hydroxylation is 2. The van der Waals surface area contributed by atoms with Crippen LogP contribution >= 0.6 is 11.6 Å². The molecule has 3 nitrogen and oxygen atoms in total. The fraction of sp³-hybridized carbons (Fsp3) is 0.357. The lowest BCUT2D eigenvalue weighted by Gasteiger charge is -2.19. The quantitative estimate of drug-likeness (QED) is 0.662. The molecule has 0 unspecified atom stereocenters. The van der Waals surface area contributed by atoms with Crippen molar-refractivity contribution >= 4 is 17.3 Å². The van der Waals surface area contributed by atoms with Crippen LogP contribution in [0.3, 0.4) is 0 Å². The fourth-order valence-corrected chi connectivity index (χ4v) is 1.89. The maximum Gasteiger partial charge on any atom is 0.388 e. The van der Waals surface area contributed by atoms with Crippen LogP contribution in [0.4, 0.5) is 8.78 Å². The van der Waals surface area contributed by atoms with E-state index in [0.717, 1.165) is 11.1 Å². The van der Waals surface area contributed by atoms with E-state index >= 15 is 0 Å². The smallest absolute Gasteiger partial charge is 0.388 e. The summed E-state index contributed by atoms with van der Waals surface area (Å²) in [5.41, 5.74) is 2.57. The van der Waals surface area contributed by atoms with E-state index in [1.807, 2.05) is 19.9 Å². The van der Waals surface area contributed by atoms with Gasteiger partial charge in [-0.1, -0.05) is 23.7 Å². The molecule has 0 fully saturated rings. The van der Waals surface area contributed by atoms with Gasteiger partial charge in [-0.15, -0.1) is 0 Å². The number of allylic oxidation sites excluding steroid dienone is 1. The molecule has 1 N–H and O–H groups in total. The van der Waals surface area contributed by atoms with Crippen molar-refractivity contribution in [3.63, 3.8) is 0 Å². The van der Waals surface area contributed by atoms with Gasteiger partial charge in [-0.2, -0.15) is 8.78 Å². The number of hydrogen-bond acceptors (Lipinski definition) is 3. The third-order valence-corrected chi connectivity index (χ3v) is 3.16. The maximum absolute atomic E-state index is 12.4. The molecule has 0 aliphatic carbocycles. The molecule has 0 heterocycles. The van der Waals surface area contributed by atoms with E-state index in [1.54, 1.807) is 12.1 Å². The molecule has 110 valence electrons. The van der Waals surface area contributed by atoms with Crippen LogP contribution in [0.2, 0.25) is 0 Å². The third kappa shape index (κ3) is 3.93. The number of halogens is 3. The normalized spacial score (nSPS) is 12.2. The highest BCUT2D eigenvalue weighted by atomic mass is 35.5. The molecule has 20 heavy (non-hydrogen) atoms. The second kappa shape index (κ2) is 6.70. The van der Waals surface area contributed by atoms with Crippen LogP contribution < -0.4 is 0 Å². The number of nitrogens with one attached hydrogen (secondary N) is 1. The summed E-state index contributed by atoms with van der Waals surface area (Å²) in [5, 5.41) is 7.88. The molecule has 0 aliphatic rings. The Morgan fingerprint density at radius 3 is 2.30 bits per heavy atom. The standard InChI is InChI=1S/C14H17ClF2N2O/c1-8-5-6-10(7-9(8)2)12(18)11(15)13(19(3)4)20-14(16)17/h5-7,14,18H,1-4H3/b13-11-,18-12?. The summed E-state index contributed by atoms with van der Waals surface area (Å²) in [6.07, 6.45) is 0. The van der Waals surface area contributed by atoms with Crippen molar-refractivity contribution in [2.24, 2.45) is 0 Å². The number of nitrogens with zero attached hydrogens (tertiary/aromatic N) is 1. The molecule has 6 heteroatoms. The third-order valence-electron chi connectivity index (χ3n) is 2.81. The van der Waals surface area contributed by atoms with Gasteiger partial charge in [-0.05, 0) is 31.0 Å². The molecular weight excluding hydrogens is 286 g/mol. The van der Waals surface area contributed by atoms with Crippen LogP contribution in [0.5, 0.6) is 0 Å². The highest BCUT2D eigenvalue weighted by molar-refractivity contribution is 6.46. The molecule has 0 bridgehead atoms. The minimum Gasteiger partial charge on any atom is -0.417 e. The Bertz CT molecular complexity index is 542. The molecule has 0 saturated carbocycles. The summed E-state index contributed by atoms with van der Waals surface area (Å²) >= 11 is 6.02. The molecule has 0 radical (unpaired) electrons. The predicted octanol–water partition coefficient (Wildman–Crippen LogP) is 3.88. The molecule has 0 saturated heterocycles. The number of ether oxygens (including phenoxy) is 1. The van der Waals surface area contributed by atoms with Crippen molar-refractivity contribution < 1.29 is 13.5 Å². The molecule has 1 aromatic carbocycles. The van der Waals surface area contributed by atoms with Crippen LogP contribution in [0, 0.1) is 19.3 Å². The molecule has 1 aromatic rings. The average molecular weight is 303 g/mol. The van der Waals surface area contributed by atoms with Gasteiger partial charge in [0.15, 0.2) is 0 Å². The highest BCUT2D eigenvalue weighted by Crippen LogP contribution is 2.22. The van der Waals surface area contributed by atoms with E-state index in [9.17, 15) is 8.78 Å². The Morgan fingerprint density at radius 1 is 1.25 bits per heavy atom. The Hall–Kier alpha value is -1.62. The monoisotopic (exact) mass is 302 g/mol. The van der Waals surface area contributed by atoms with Crippen molar-refractivity contribution in [2.45, 2.75) is 20.5 Å². The zero-order chi connectivity index (χ0) is 15.4. The zero-order valence-corrected chi connectivity index (χ0v) is 12.6. The lowest BCUT2D eigenvalue weighted by molar-refractivity contribution is -0.113. The Morgan fingerprint density at radius 2 is 1.85 bits per heavy atom. The minimum atomic E-state index is -2.99. The predicted molar refractivity (Wildman–Crippen MR) is 76.4 cm³/mol. The summed E-state index contributed by atoms with van der Waals surface area (Å²) in [6.45, 7) is 0.867. The van der Waals surface area contributed by atoms with Gasteiger partial charge in [0.25, 0.3) is 0 Å². The lowest BCUT2D eigenvalue weighted by Crippen LogP contribution is -2.20. The number of alkyl halides is 2. The molecule has 0 spiro atoms. The van der Waals surface area contributed by atoms with Gasteiger partial charge in [-0.25, -0.2) is 0 Å². The van der Waals surface area contributed by atoms with Gasteiger partial charge in [0, 0.05) is 19.7 Å². The highest BCUT2D eigenvalue weighted by Gasteiger charge is 2.19.